The van der Waals surface area contributed by atoms with E-state index in [2.05, 4.69) is 15.9 Å². The number of hydrogen-bond acceptors (Lipinski definition) is 2. The molecule has 2 atom stereocenters. The second-order valence-corrected chi connectivity index (χ2v) is 4.12. The van der Waals surface area contributed by atoms with E-state index in [4.69, 9.17) is 5.73 Å². The molecule has 2 nitrogen and oxygen atoms in total. The molecule has 78 valence electrons. The molecule has 0 saturated carbocycles. The van der Waals surface area contributed by atoms with E-state index in [0.717, 1.165) is 0 Å². The average molecular weight is 262 g/mol. The van der Waals surface area contributed by atoms with Gasteiger partial charge in [0.2, 0.25) is 0 Å². The largest absolute Gasteiger partial charge is 0.391 e. The topological polar surface area (TPSA) is 46.2 Å². The van der Waals surface area contributed by atoms with Crippen LogP contribution in [0.3, 0.4) is 0 Å². The lowest BCUT2D eigenvalue weighted by Crippen LogP contribution is -2.25. The van der Waals surface area contributed by atoms with Gasteiger partial charge in [0.15, 0.2) is 0 Å². The van der Waals surface area contributed by atoms with E-state index in [1.165, 1.54) is 12.1 Å². The molecule has 0 aliphatic rings. The van der Waals surface area contributed by atoms with Crippen LogP contribution in [-0.2, 0) is 0 Å². The average Bonchev–Trinajstić information content (AvgIpc) is 2.14. The normalized spacial score (nSPS) is 15.2. The highest BCUT2D eigenvalue weighted by Crippen LogP contribution is 2.22. The first-order chi connectivity index (χ1) is 6.54. The van der Waals surface area contributed by atoms with Crippen molar-refractivity contribution in [3.63, 3.8) is 0 Å². The Bertz CT molecular complexity index is 299. The predicted molar refractivity (Wildman–Crippen MR) is 57.3 cm³/mol. The lowest BCUT2D eigenvalue weighted by Gasteiger charge is -2.17. The van der Waals surface area contributed by atoms with Crippen molar-refractivity contribution < 1.29 is 9.50 Å². The minimum absolute atomic E-state index is 0.354. The molecule has 14 heavy (non-hydrogen) atoms. The van der Waals surface area contributed by atoms with Crippen molar-refractivity contribution in [1.82, 2.24) is 0 Å². The molecule has 0 aromatic heterocycles. The summed E-state index contributed by atoms with van der Waals surface area (Å²) in [5.41, 5.74) is 6.35. The third-order valence-corrected chi connectivity index (χ3v) is 2.56. The van der Waals surface area contributed by atoms with Crippen LogP contribution in [0.5, 0.6) is 0 Å². The molecule has 0 saturated heterocycles. The molecule has 1 rings (SSSR count). The smallest absolute Gasteiger partial charge is 0.124 e. The fourth-order valence-electron chi connectivity index (χ4n) is 1.24. The van der Waals surface area contributed by atoms with Crippen molar-refractivity contribution in [2.75, 3.05) is 0 Å². The van der Waals surface area contributed by atoms with Gasteiger partial charge in [-0.2, -0.15) is 0 Å². The third-order valence-electron chi connectivity index (χ3n) is 2.10. The monoisotopic (exact) mass is 261 g/mol. The molecule has 4 heteroatoms. The summed E-state index contributed by atoms with van der Waals surface area (Å²) in [6.45, 7) is 1.83. The molecule has 0 fully saturated rings. The van der Waals surface area contributed by atoms with Crippen LogP contribution in [0.25, 0.3) is 0 Å². The van der Waals surface area contributed by atoms with Gasteiger partial charge in [0.25, 0.3) is 0 Å². The molecule has 0 heterocycles. The molecule has 0 spiro atoms. The van der Waals surface area contributed by atoms with Gasteiger partial charge in [-0.25, -0.2) is 4.39 Å². The Morgan fingerprint density at radius 3 is 2.64 bits per heavy atom. The Hall–Kier alpha value is -0.450. The van der Waals surface area contributed by atoms with Crippen LogP contribution in [0.4, 0.5) is 4.39 Å². The van der Waals surface area contributed by atoms with E-state index in [0.29, 0.717) is 16.5 Å². The van der Waals surface area contributed by atoms with Gasteiger partial charge in [0.1, 0.15) is 5.82 Å². The molecular weight excluding hydrogens is 249 g/mol. The van der Waals surface area contributed by atoms with E-state index in [1.807, 2.05) is 6.92 Å². The minimum atomic E-state index is -0.635. The fraction of sp³-hybridized carbons (Fsp3) is 0.400. The van der Waals surface area contributed by atoms with E-state index in [1.54, 1.807) is 6.07 Å². The van der Waals surface area contributed by atoms with Gasteiger partial charge < -0.3 is 10.8 Å². The van der Waals surface area contributed by atoms with Crippen LogP contribution in [0.15, 0.2) is 22.7 Å². The quantitative estimate of drug-likeness (QED) is 0.878. The van der Waals surface area contributed by atoms with Crippen molar-refractivity contribution in [3.8, 4) is 0 Å². The van der Waals surface area contributed by atoms with Crippen molar-refractivity contribution in [3.05, 3.63) is 34.1 Å². The summed E-state index contributed by atoms with van der Waals surface area (Å²) in [6.07, 6.45) is -0.0846. The van der Waals surface area contributed by atoms with Crippen molar-refractivity contribution in [2.24, 2.45) is 5.73 Å². The molecule has 3 N–H and O–H groups in total. The Balaban J connectivity index is 2.94. The Labute approximate surface area is 91.1 Å². The van der Waals surface area contributed by atoms with Gasteiger partial charge >= 0.3 is 0 Å². The Kier molecular flexibility index (Phi) is 4.04. The molecule has 0 aliphatic carbocycles. The van der Waals surface area contributed by atoms with E-state index < -0.39 is 12.1 Å². The van der Waals surface area contributed by atoms with Gasteiger partial charge in [-0.05, 0) is 30.2 Å². The zero-order valence-electron chi connectivity index (χ0n) is 7.87. The van der Waals surface area contributed by atoms with Crippen LogP contribution in [-0.4, -0.2) is 11.2 Å². The summed E-state index contributed by atoms with van der Waals surface area (Å²) >= 11 is 3.18. The summed E-state index contributed by atoms with van der Waals surface area (Å²) in [7, 11) is 0. The summed E-state index contributed by atoms with van der Waals surface area (Å²) in [5, 5.41) is 9.50. The van der Waals surface area contributed by atoms with E-state index >= 15 is 0 Å². The number of nitrogens with two attached hydrogens (primary N) is 1. The van der Waals surface area contributed by atoms with Crippen molar-refractivity contribution >= 4 is 15.9 Å². The van der Waals surface area contributed by atoms with Gasteiger partial charge in [0, 0.05) is 4.47 Å². The second kappa shape index (κ2) is 4.87. The maximum Gasteiger partial charge on any atom is 0.124 e. The first-order valence-electron chi connectivity index (χ1n) is 4.44. The summed E-state index contributed by atoms with van der Waals surface area (Å²) < 4.78 is 13.6. The number of rotatable bonds is 3. The maximum atomic E-state index is 13.0. The first kappa shape index (κ1) is 11.6. The van der Waals surface area contributed by atoms with E-state index in [9.17, 15) is 9.50 Å². The zero-order valence-corrected chi connectivity index (χ0v) is 9.46. The van der Waals surface area contributed by atoms with Gasteiger partial charge in [-0.1, -0.05) is 22.9 Å². The number of benzene rings is 1. The molecule has 0 aliphatic heterocycles. The van der Waals surface area contributed by atoms with Crippen LogP contribution in [0.2, 0.25) is 0 Å². The highest BCUT2D eigenvalue weighted by molar-refractivity contribution is 9.10. The second-order valence-electron chi connectivity index (χ2n) is 3.20. The SMILES string of the molecule is CCC(O)C(N)c1cc(F)cc(Br)c1. The van der Waals surface area contributed by atoms with E-state index in [-0.39, 0.29) is 5.82 Å². The molecule has 0 radical (unpaired) electrons. The van der Waals surface area contributed by atoms with Crippen molar-refractivity contribution in [2.45, 2.75) is 25.5 Å². The Morgan fingerprint density at radius 1 is 1.50 bits per heavy atom. The number of halogens is 2. The summed E-state index contributed by atoms with van der Waals surface area (Å²) in [5.74, 6) is -0.354. The standard InChI is InChI=1S/C10H13BrFNO/c1-2-9(14)10(13)6-3-7(11)5-8(12)4-6/h3-5,9-10,14H,2,13H2,1H3. The highest BCUT2D eigenvalue weighted by Gasteiger charge is 2.15. The molecule has 0 amide bonds. The van der Waals surface area contributed by atoms with Crippen LogP contribution < -0.4 is 5.73 Å². The van der Waals surface area contributed by atoms with Gasteiger partial charge in [-0.3, -0.25) is 0 Å². The number of hydrogen-bond donors (Lipinski definition) is 2. The fourth-order valence-corrected chi connectivity index (χ4v) is 1.73. The molecule has 2 unspecified atom stereocenters. The lowest BCUT2D eigenvalue weighted by atomic mass is 10.0. The molecule has 1 aromatic carbocycles. The lowest BCUT2D eigenvalue weighted by molar-refractivity contribution is 0.140. The van der Waals surface area contributed by atoms with Crippen LogP contribution >= 0.6 is 15.9 Å². The van der Waals surface area contributed by atoms with Crippen molar-refractivity contribution in [1.29, 1.82) is 0 Å². The van der Waals surface area contributed by atoms with Crippen LogP contribution in [0, 0.1) is 5.82 Å². The molecular formula is C10H13BrFNO. The minimum Gasteiger partial charge on any atom is -0.391 e. The predicted octanol–water partition coefficient (Wildman–Crippen LogP) is 2.36. The highest BCUT2D eigenvalue weighted by atomic mass is 79.9. The van der Waals surface area contributed by atoms with Gasteiger partial charge in [0.05, 0.1) is 12.1 Å². The van der Waals surface area contributed by atoms with Gasteiger partial charge in [-0.15, -0.1) is 0 Å². The van der Waals surface area contributed by atoms with Crippen LogP contribution in [0.1, 0.15) is 24.9 Å². The maximum absolute atomic E-state index is 13.0. The molecule has 0 bridgehead atoms. The first-order valence-corrected chi connectivity index (χ1v) is 5.23. The number of aliphatic hydroxyl groups excluding tert-OH is 1. The molecule has 1 aromatic rings. The summed E-state index contributed by atoms with van der Waals surface area (Å²) in [4.78, 5) is 0. The third kappa shape index (κ3) is 2.77. The Morgan fingerprint density at radius 2 is 2.14 bits per heavy atom. The number of aliphatic hydroxyl groups is 1. The zero-order chi connectivity index (χ0) is 10.7. The summed E-state index contributed by atoms with van der Waals surface area (Å²) in [6, 6.07) is 3.88.